The summed E-state index contributed by atoms with van der Waals surface area (Å²) in [7, 11) is -5.84. The standard InChI is InChI=1S/CHF3O3S.Th/c2-1(3,4)8(5,6)7;/h(H,5,6,7);. The second-order valence-corrected chi connectivity index (χ2v) is 2.33. The molecule has 0 rings (SSSR count). The Morgan fingerprint density at radius 1 is 1.22 bits per heavy atom. The maximum Gasteiger partial charge on any atom is 0.522 e. The van der Waals surface area contributed by atoms with E-state index >= 15 is 0 Å². The number of rotatable bonds is 0. The van der Waals surface area contributed by atoms with Gasteiger partial charge in [0.1, 0.15) is 0 Å². The Balaban J connectivity index is 0. The molecule has 0 unspecified atom stereocenters. The Kier molecular flexibility index (Phi) is 4.83. The van der Waals surface area contributed by atoms with Crippen LogP contribution in [0.2, 0.25) is 0 Å². The van der Waals surface area contributed by atoms with Crippen LogP contribution in [0.5, 0.6) is 0 Å². The number of hydrogen-bond donors (Lipinski definition) is 1. The Bertz CT molecular complexity index is 168. The molecular weight excluding hydrogens is 381 g/mol. The van der Waals surface area contributed by atoms with Crippen LogP contribution in [-0.4, -0.2) is 18.5 Å². The van der Waals surface area contributed by atoms with E-state index in [4.69, 9.17) is 13.0 Å². The van der Waals surface area contributed by atoms with E-state index in [0.29, 0.717) is 0 Å². The van der Waals surface area contributed by atoms with Gasteiger partial charge >= 0.3 is 15.6 Å². The average molecular weight is 382 g/mol. The van der Waals surface area contributed by atoms with Gasteiger partial charge in [0.05, 0.1) is 0 Å². The maximum absolute atomic E-state index is 10.7. The van der Waals surface area contributed by atoms with E-state index in [1.54, 1.807) is 0 Å². The Labute approximate surface area is 81.0 Å². The van der Waals surface area contributed by atoms with Gasteiger partial charge in [-0.25, -0.2) is 0 Å². The van der Waals surface area contributed by atoms with Crippen LogP contribution in [0.25, 0.3) is 0 Å². The maximum atomic E-state index is 10.7. The van der Waals surface area contributed by atoms with Gasteiger partial charge in [-0.2, -0.15) is 21.6 Å². The van der Waals surface area contributed by atoms with Gasteiger partial charge in [-0.15, -0.1) is 0 Å². The van der Waals surface area contributed by atoms with E-state index in [9.17, 15) is 13.2 Å². The average Bonchev–Trinajstić information content (AvgIpc) is 1.25. The molecule has 0 aliphatic carbocycles. The van der Waals surface area contributed by atoms with Crippen molar-refractivity contribution in [2.75, 3.05) is 0 Å². The van der Waals surface area contributed by atoms with E-state index in [1.165, 1.54) is 0 Å². The van der Waals surface area contributed by atoms with Crippen molar-refractivity contribution >= 4 is 10.1 Å². The van der Waals surface area contributed by atoms with Crippen LogP contribution in [0.15, 0.2) is 0 Å². The molecule has 0 saturated carbocycles. The molecule has 0 fully saturated rings. The third kappa shape index (κ3) is 4.43. The second-order valence-electron chi connectivity index (χ2n) is 0.921. The van der Waals surface area contributed by atoms with E-state index < -0.39 is 15.6 Å². The molecule has 0 radical (unpaired) electrons. The molecule has 0 aromatic carbocycles. The van der Waals surface area contributed by atoms with Gasteiger partial charge < -0.3 is 0 Å². The van der Waals surface area contributed by atoms with Crippen LogP contribution in [0, 0.1) is 39.9 Å². The SMILES string of the molecule is O=S(=O)(O)C(F)(F)F.[Th]. The second kappa shape index (κ2) is 3.43. The van der Waals surface area contributed by atoms with Crippen molar-refractivity contribution in [3.63, 3.8) is 0 Å². The van der Waals surface area contributed by atoms with Crippen LogP contribution in [0.4, 0.5) is 13.2 Å². The predicted octanol–water partition coefficient (Wildman–Crippen LogP) is 0.394. The molecule has 0 aliphatic rings. The zero-order chi connectivity index (χ0) is 7.00. The molecule has 0 aromatic rings. The van der Waals surface area contributed by atoms with Crippen molar-refractivity contribution in [3.05, 3.63) is 0 Å². The molecular formula is CHF3O3STh. The van der Waals surface area contributed by atoms with Crippen molar-refractivity contribution in [1.82, 2.24) is 0 Å². The molecule has 3 nitrogen and oxygen atoms in total. The zero-order valence-electron chi connectivity index (χ0n) is 3.81. The molecule has 0 spiro atoms. The molecule has 1 N–H and O–H groups in total. The summed E-state index contributed by atoms with van der Waals surface area (Å²) < 4.78 is 57.5. The topological polar surface area (TPSA) is 54.4 Å². The molecule has 0 amide bonds. The van der Waals surface area contributed by atoms with Gasteiger partial charge in [0.2, 0.25) is 0 Å². The van der Waals surface area contributed by atoms with Crippen LogP contribution >= 0.6 is 0 Å². The van der Waals surface area contributed by atoms with Gasteiger partial charge in [0.15, 0.2) is 0 Å². The van der Waals surface area contributed by atoms with Crippen molar-refractivity contribution in [2.24, 2.45) is 0 Å². The molecule has 0 saturated heterocycles. The zero-order valence-corrected chi connectivity index (χ0v) is 8.73. The molecule has 0 aromatic heterocycles. The Morgan fingerprint density at radius 2 is 1.33 bits per heavy atom. The van der Waals surface area contributed by atoms with Gasteiger partial charge in [-0.3, -0.25) is 4.55 Å². The van der Waals surface area contributed by atoms with E-state index in [2.05, 4.69) is 0 Å². The van der Waals surface area contributed by atoms with Crippen LogP contribution < -0.4 is 0 Å². The largest absolute Gasteiger partial charge is 0.522 e. The number of hydrogen-bond acceptors (Lipinski definition) is 2. The fraction of sp³-hybridized carbons (Fsp3) is 1.00. The van der Waals surface area contributed by atoms with Crippen molar-refractivity contribution in [3.8, 4) is 0 Å². The van der Waals surface area contributed by atoms with E-state index in [1.807, 2.05) is 0 Å². The quantitative estimate of drug-likeness (QED) is 0.488. The van der Waals surface area contributed by atoms with Crippen LogP contribution in [0.3, 0.4) is 0 Å². The van der Waals surface area contributed by atoms with Crippen molar-refractivity contribution in [2.45, 2.75) is 5.51 Å². The number of alkyl halides is 3. The minimum Gasteiger partial charge on any atom is -0.279 e. The summed E-state index contributed by atoms with van der Waals surface area (Å²) in [6, 6.07) is 0. The first-order chi connectivity index (χ1) is 3.25. The fourth-order valence-electron chi connectivity index (χ4n) is 0. The van der Waals surface area contributed by atoms with E-state index in [0.717, 1.165) is 0 Å². The Hall–Kier alpha value is 1.02. The molecule has 0 heterocycles. The van der Waals surface area contributed by atoms with Gasteiger partial charge in [-0.1, -0.05) is 0 Å². The van der Waals surface area contributed by atoms with Gasteiger partial charge in [0.25, 0.3) is 0 Å². The first kappa shape index (κ1) is 12.7. The van der Waals surface area contributed by atoms with Gasteiger partial charge in [0, 0.05) is 39.9 Å². The number of halogens is 3. The van der Waals surface area contributed by atoms with Crippen LogP contribution in [-0.2, 0) is 10.1 Å². The molecule has 0 atom stereocenters. The normalized spacial score (nSPS) is 12.4. The summed E-state index contributed by atoms with van der Waals surface area (Å²) in [5.41, 5.74) is -5.53. The third-order valence-corrected chi connectivity index (χ3v) is 0.877. The monoisotopic (exact) mass is 382 g/mol. The van der Waals surface area contributed by atoms with Crippen molar-refractivity contribution < 1.29 is 66.1 Å². The fourth-order valence-corrected chi connectivity index (χ4v) is 0. The Morgan fingerprint density at radius 3 is 1.33 bits per heavy atom. The van der Waals surface area contributed by atoms with Gasteiger partial charge in [-0.05, 0) is 0 Å². The summed E-state index contributed by atoms with van der Waals surface area (Å²) in [5, 5.41) is 0. The molecule has 8 heteroatoms. The third-order valence-electron chi connectivity index (χ3n) is 0.292. The predicted molar refractivity (Wildman–Crippen MR) is 17.6 cm³/mol. The summed E-state index contributed by atoms with van der Waals surface area (Å²) >= 11 is 0. The molecule has 0 aliphatic heterocycles. The molecule has 54 valence electrons. The van der Waals surface area contributed by atoms with Crippen molar-refractivity contribution in [1.29, 1.82) is 0 Å². The minimum atomic E-state index is -5.84. The first-order valence-corrected chi connectivity index (χ1v) is 2.73. The molecule has 9 heavy (non-hydrogen) atoms. The first-order valence-electron chi connectivity index (χ1n) is 1.29. The minimum absolute atomic E-state index is 0. The summed E-state index contributed by atoms with van der Waals surface area (Å²) in [4.78, 5) is 0. The molecule has 0 bridgehead atoms. The summed E-state index contributed by atoms with van der Waals surface area (Å²) in [6.07, 6.45) is 0. The summed E-state index contributed by atoms with van der Waals surface area (Å²) in [6.45, 7) is 0. The van der Waals surface area contributed by atoms with E-state index in [-0.39, 0.29) is 39.9 Å². The smallest absolute Gasteiger partial charge is 0.279 e. The summed E-state index contributed by atoms with van der Waals surface area (Å²) in [5.74, 6) is 0. The van der Waals surface area contributed by atoms with Crippen LogP contribution in [0.1, 0.15) is 0 Å².